The molecule has 0 saturated carbocycles. The van der Waals surface area contributed by atoms with Crippen molar-refractivity contribution in [2.24, 2.45) is 0 Å². The molecule has 0 bridgehead atoms. The van der Waals surface area contributed by atoms with Crippen molar-refractivity contribution in [3.8, 4) is 0 Å². The summed E-state index contributed by atoms with van der Waals surface area (Å²) in [7, 11) is -2.82. The first-order chi connectivity index (χ1) is 2.94. The van der Waals surface area contributed by atoms with Gasteiger partial charge >= 0.3 is 0 Å². The van der Waals surface area contributed by atoms with E-state index < -0.39 is 9.84 Å². The van der Waals surface area contributed by atoms with Gasteiger partial charge in [0.05, 0.1) is 5.25 Å². The number of hydrogen-bond donors (Lipinski definition) is 0. The summed E-state index contributed by atoms with van der Waals surface area (Å²) in [6.45, 7) is 3.16. The predicted molar refractivity (Wildman–Crippen MR) is 29.4 cm³/mol. The van der Waals surface area contributed by atoms with Gasteiger partial charge in [-0.15, -0.1) is 0 Å². The summed E-state index contributed by atoms with van der Waals surface area (Å²) < 4.78 is 20.6. The molecule has 0 amide bonds. The van der Waals surface area contributed by atoms with E-state index in [2.05, 4.69) is 0 Å². The average Bonchev–Trinajstić information content (AvgIpc) is 1.31. The maximum absolute atomic E-state index is 10.3. The molecule has 0 spiro atoms. The molecule has 0 aliphatic rings. The molecule has 0 aliphatic carbocycles. The van der Waals surface area contributed by atoms with Crippen LogP contribution in [-0.2, 0) is 9.84 Å². The van der Waals surface area contributed by atoms with Gasteiger partial charge in [0.1, 0.15) is 0 Å². The second-order valence-electron chi connectivity index (χ2n) is 1.68. The number of hydrogen-bond acceptors (Lipinski definition) is 2. The van der Waals surface area contributed by atoms with Crippen molar-refractivity contribution in [1.82, 2.24) is 0 Å². The second kappa shape index (κ2) is 1.82. The van der Waals surface area contributed by atoms with Crippen LogP contribution in [0.5, 0.6) is 0 Å². The molecule has 0 rings (SSSR count). The van der Waals surface area contributed by atoms with E-state index in [9.17, 15) is 8.42 Å². The van der Waals surface area contributed by atoms with Crippen molar-refractivity contribution in [3.63, 3.8) is 0 Å². The lowest BCUT2D eigenvalue weighted by atomic mass is 10.6. The van der Waals surface area contributed by atoms with Crippen LogP contribution >= 0.6 is 0 Å². The van der Waals surface area contributed by atoms with E-state index in [1.807, 2.05) is 0 Å². The Morgan fingerprint density at radius 1 is 1.29 bits per heavy atom. The van der Waals surface area contributed by atoms with E-state index in [-0.39, 0.29) is 0 Å². The fourth-order valence-corrected chi connectivity index (χ4v) is 0. The third-order valence-corrected chi connectivity index (χ3v) is 2.22. The Morgan fingerprint density at radius 2 is 1.43 bits per heavy atom. The molecule has 0 unspecified atom stereocenters. The minimum atomic E-state index is -2.82. The summed E-state index contributed by atoms with van der Waals surface area (Å²) in [5.41, 5.74) is 0. The molecule has 0 aliphatic heterocycles. The molecule has 0 aromatic heterocycles. The van der Waals surface area contributed by atoms with Gasteiger partial charge in [-0.3, -0.25) is 0 Å². The second-order valence-corrected chi connectivity index (χ2v) is 4.04. The summed E-state index contributed by atoms with van der Waals surface area (Å²) in [5.74, 6) is 0. The van der Waals surface area contributed by atoms with Crippen LogP contribution in [0, 0.1) is 5.25 Å². The molecular formula is C4H9O2S. The third-order valence-electron chi connectivity index (χ3n) is 0.742. The van der Waals surface area contributed by atoms with Crippen molar-refractivity contribution < 1.29 is 8.42 Å². The maximum Gasteiger partial charge on any atom is 0.154 e. The highest BCUT2D eigenvalue weighted by atomic mass is 32.2. The van der Waals surface area contributed by atoms with Crippen LogP contribution in [0.25, 0.3) is 0 Å². The quantitative estimate of drug-likeness (QED) is 0.509. The Labute approximate surface area is 44.5 Å². The fourth-order valence-electron chi connectivity index (χ4n) is 0. The minimum absolute atomic E-state index is 0.465. The van der Waals surface area contributed by atoms with Crippen molar-refractivity contribution in [3.05, 3.63) is 5.25 Å². The Balaban J connectivity index is 4.10. The molecule has 2 nitrogen and oxygen atoms in total. The first kappa shape index (κ1) is 6.95. The van der Waals surface area contributed by atoms with Gasteiger partial charge in [-0.2, -0.15) is 0 Å². The first-order valence-corrected chi connectivity index (χ1v) is 3.84. The van der Waals surface area contributed by atoms with Crippen LogP contribution < -0.4 is 0 Å². The van der Waals surface area contributed by atoms with Crippen LogP contribution in [0.1, 0.15) is 13.8 Å². The third kappa shape index (κ3) is 2.62. The molecule has 7 heavy (non-hydrogen) atoms. The van der Waals surface area contributed by atoms with Crippen molar-refractivity contribution in [1.29, 1.82) is 0 Å². The molecule has 0 fully saturated rings. The van der Waals surface area contributed by atoms with Gasteiger partial charge in [0, 0.05) is 6.26 Å². The highest BCUT2D eigenvalue weighted by molar-refractivity contribution is 7.93. The van der Waals surface area contributed by atoms with Gasteiger partial charge in [0.2, 0.25) is 0 Å². The minimum Gasteiger partial charge on any atom is -0.229 e. The Morgan fingerprint density at radius 3 is 1.43 bits per heavy atom. The lowest BCUT2D eigenvalue weighted by molar-refractivity contribution is 0.602. The fraction of sp³-hybridized carbons (Fsp3) is 0.750. The largest absolute Gasteiger partial charge is 0.229 e. The van der Waals surface area contributed by atoms with Crippen LogP contribution in [0.3, 0.4) is 0 Å². The Hall–Kier alpha value is -0.0500. The van der Waals surface area contributed by atoms with E-state index in [1.54, 1.807) is 13.8 Å². The molecule has 3 heteroatoms. The van der Waals surface area contributed by atoms with E-state index >= 15 is 0 Å². The Kier molecular flexibility index (Phi) is 1.81. The van der Waals surface area contributed by atoms with Crippen LogP contribution in [0.15, 0.2) is 0 Å². The standard InChI is InChI=1S/C4H9O2S/c1-4(2)7(3,5)6/h1-3H3. The molecule has 0 saturated heterocycles. The van der Waals surface area contributed by atoms with Crippen LogP contribution in [0.2, 0.25) is 0 Å². The summed E-state index contributed by atoms with van der Waals surface area (Å²) >= 11 is 0. The Bertz CT molecular complexity index is 132. The SMILES string of the molecule is C[C](C)S(C)(=O)=O. The normalized spacial score (nSPS) is 12.6. The molecule has 43 valence electrons. The summed E-state index contributed by atoms with van der Waals surface area (Å²) in [4.78, 5) is 0. The first-order valence-electron chi connectivity index (χ1n) is 1.95. The summed E-state index contributed by atoms with van der Waals surface area (Å²) in [6, 6.07) is 0. The zero-order valence-corrected chi connectivity index (χ0v) is 5.54. The maximum atomic E-state index is 10.3. The van der Waals surface area contributed by atoms with Gasteiger partial charge in [-0.25, -0.2) is 8.42 Å². The summed E-state index contributed by atoms with van der Waals surface area (Å²) in [6.07, 6.45) is 1.20. The van der Waals surface area contributed by atoms with Gasteiger partial charge < -0.3 is 0 Å². The molecule has 0 N–H and O–H groups in total. The average molecular weight is 121 g/mol. The lowest BCUT2D eigenvalue weighted by Gasteiger charge is -1.95. The van der Waals surface area contributed by atoms with E-state index in [4.69, 9.17) is 0 Å². The monoisotopic (exact) mass is 121 g/mol. The summed E-state index contributed by atoms with van der Waals surface area (Å²) in [5, 5.41) is 0.465. The van der Waals surface area contributed by atoms with Crippen molar-refractivity contribution in [2.45, 2.75) is 13.8 Å². The molecule has 0 atom stereocenters. The highest BCUT2D eigenvalue weighted by Crippen LogP contribution is 2.02. The molecular weight excluding hydrogens is 112 g/mol. The van der Waals surface area contributed by atoms with Gasteiger partial charge in [-0.1, -0.05) is 0 Å². The zero-order valence-electron chi connectivity index (χ0n) is 4.72. The topological polar surface area (TPSA) is 34.1 Å². The molecule has 0 heterocycles. The molecule has 0 aromatic rings. The van der Waals surface area contributed by atoms with Crippen molar-refractivity contribution in [2.75, 3.05) is 6.26 Å². The van der Waals surface area contributed by atoms with Crippen molar-refractivity contribution >= 4 is 9.84 Å². The van der Waals surface area contributed by atoms with Gasteiger partial charge in [-0.05, 0) is 13.8 Å². The van der Waals surface area contributed by atoms with E-state index in [0.29, 0.717) is 5.25 Å². The van der Waals surface area contributed by atoms with Crippen LogP contribution in [-0.4, -0.2) is 14.7 Å². The predicted octanol–water partition coefficient (Wildman–Crippen LogP) is 0.603. The van der Waals surface area contributed by atoms with Crippen LogP contribution in [0.4, 0.5) is 0 Å². The van der Waals surface area contributed by atoms with Gasteiger partial charge in [0.15, 0.2) is 9.84 Å². The smallest absolute Gasteiger partial charge is 0.154 e. The number of sulfone groups is 1. The number of rotatable bonds is 1. The van der Waals surface area contributed by atoms with Gasteiger partial charge in [0.25, 0.3) is 0 Å². The van der Waals surface area contributed by atoms with E-state index in [0.717, 1.165) is 0 Å². The molecule has 0 aromatic carbocycles. The zero-order chi connectivity index (χ0) is 6.08. The van der Waals surface area contributed by atoms with E-state index in [1.165, 1.54) is 6.26 Å². The lowest BCUT2D eigenvalue weighted by Crippen LogP contribution is -2.01. The highest BCUT2D eigenvalue weighted by Gasteiger charge is 2.06. The molecule has 1 radical (unpaired) electrons.